The molecular weight excluding hydrogens is 366 g/mol. The maximum atomic E-state index is 13.2. The maximum absolute atomic E-state index is 13.2. The van der Waals surface area contributed by atoms with Crippen LogP contribution < -0.4 is 10.6 Å². The van der Waals surface area contributed by atoms with Gasteiger partial charge in [0, 0.05) is 26.6 Å². The van der Waals surface area contributed by atoms with Gasteiger partial charge in [-0.15, -0.1) is 0 Å². The smallest absolute Gasteiger partial charge is 0.272 e. The fourth-order valence-corrected chi connectivity index (χ4v) is 3.90. The average molecular weight is 406 g/mol. The molecule has 2 N–H and O–H groups in total. The summed E-state index contributed by atoms with van der Waals surface area (Å²) in [6, 6.07) is -0.617. The molecule has 0 radical (unpaired) electrons. The zero-order chi connectivity index (χ0) is 21.6. The number of rotatable bonds is 8. The van der Waals surface area contributed by atoms with Crippen molar-refractivity contribution in [1.29, 1.82) is 0 Å². The van der Waals surface area contributed by atoms with Crippen LogP contribution in [0.25, 0.3) is 0 Å². The van der Waals surface area contributed by atoms with E-state index in [2.05, 4.69) is 34.1 Å². The predicted octanol–water partition coefficient (Wildman–Crippen LogP) is 2.73. The molecule has 2 rings (SSSR count). The van der Waals surface area contributed by atoms with Crippen molar-refractivity contribution in [2.45, 2.75) is 85.4 Å². The van der Waals surface area contributed by atoms with E-state index < -0.39 is 11.5 Å². The third-order valence-corrected chi connectivity index (χ3v) is 5.61. The minimum absolute atomic E-state index is 0.187. The standard InChI is InChI=1S/C22H39N5O2/c1-7-8-9-10-12-17-24-18(16-15-26(6)13-11-14-27(16)17)20(28)25-19(21(29)23-5)22(2,3)4/h19H,7-15H2,1-6H3,(H,23,29)(H,25,28). The minimum Gasteiger partial charge on any atom is -0.357 e. The third kappa shape index (κ3) is 6.04. The van der Waals surface area contributed by atoms with E-state index in [1.54, 1.807) is 7.05 Å². The molecule has 2 heterocycles. The molecule has 29 heavy (non-hydrogen) atoms. The Morgan fingerprint density at radius 3 is 2.52 bits per heavy atom. The Morgan fingerprint density at radius 2 is 1.90 bits per heavy atom. The molecule has 1 aliphatic rings. The Bertz CT molecular complexity index is 705. The number of amides is 2. The molecule has 1 aliphatic heterocycles. The lowest BCUT2D eigenvalue weighted by Crippen LogP contribution is -2.53. The quantitative estimate of drug-likeness (QED) is 0.652. The van der Waals surface area contributed by atoms with Crippen LogP contribution in [0.4, 0.5) is 0 Å². The molecule has 1 aromatic rings. The number of aryl methyl sites for hydroxylation is 1. The van der Waals surface area contributed by atoms with Crippen molar-refractivity contribution in [3.8, 4) is 0 Å². The second-order valence-electron chi connectivity index (χ2n) is 9.26. The largest absolute Gasteiger partial charge is 0.357 e. The molecule has 164 valence electrons. The number of aromatic nitrogens is 2. The number of carbonyl (C=O) groups is 2. The first kappa shape index (κ1) is 23.4. The molecular formula is C22H39N5O2. The molecule has 2 amide bonds. The SMILES string of the molecule is CCCCCCc1nc(C(=O)NC(C(=O)NC)C(C)(C)C)c2n1CCCN(C)C2. The summed E-state index contributed by atoms with van der Waals surface area (Å²) in [4.78, 5) is 32.6. The van der Waals surface area contributed by atoms with Gasteiger partial charge in [-0.3, -0.25) is 9.59 Å². The van der Waals surface area contributed by atoms with E-state index in [-0.39, 0.29) is 11.8 Å². The molecule has 0 saturated carbocycles. The average Bonchev–Trinajstić information content (AvgIpc) is 2.86. The number of fused-ring (bicyclic) bond motifs is 1. The molecule has 0 bridgehead atoms. The molecule has 0 spiro atoms. The van der Waals surface area contributed by atoms with Gasteiger partial charge in [-0.2, -0.15) is 0 Å². The van der Waals surface area contributed by atoms with E-state index in [1.165, 1.54) is 19.3 Å². The van der Waals surface area contributed by atoms with Crippen LogP contribution in [0.5, 0.6) is 0 Å². The summed E-state index contributed by atoms with van der Waals surface area (Å²) in [5, 5.41) is 5.62. The van der Waals surface area contributed by atoms with Gasteiger partial charge >= 0.3 is 0 Å². The van der Waals surface area contributed by atoms with E-state index in [1.807, 2.05) is 20.8 Å². The number of imidazole rings is 1. The number of likely N-dealkylation sites (N-methyl/N-ethyl adjacent to an activating group) is 1. The van der Waals surface area contributed by atoms with Gasteiger partial charge in [0.15, 0.2) is 5.69 Å². The van der Waals surface area contributed by atoms with Crippen molar-refractivity contribution >= 4 is 11.8 Å². The van der Waals surface area contributed by atoms with Crippen molar-refractivity contribution in [2.75, 3.05) is 20.6 Å². The van der Waals surface area contributed by atoms with Crippen LogP contribution in [-0.2, 0) is 24.3 Å². The number of nitrogens with zero attached hydrogens (tertiary/aromatic N) is 3. The highest BCUT2D eigenvalue weighted by molar-refractivity contribution is 5.97. The van der Waals surface area contributed by atoms with Crippen LogP contribution in [-0.4, -0.2) is 52.9 Å². The highest BCUT2D eigenvalue weighted by atomic mass is 16.2. The van der Waals surface area contributed by atoms with Crippen molar-refractivity contribution in [2.24, 2.45) is 5.41 Å². The summed E-state index contributed by atoms with van der Waals surface area (Å²) < 4.78 is 2.25. The molecule has 1 unspecified atom stereocenters. The summed E-state index contributed by atoms with van der Waals surface area (Å²) in [6.45, 7) is 10.7. The van der Waals surface area contributed by atoms with E-state index in [9.17, 15) is 9.59 Å². The summed E-state index contributed by atoms with van der Waals surface area (Å²) >= 11 is 0. The van der Waals surface area contributed by atoms with Gasteiger partial charge in [-0.1, -0.05) is 47.0 Å². The summed E-state index contributed by atoms with van der Waals surface area (Å²) in [6.07, 6.45) is 6.63. The number of unbranched alkanes of at least 4 members (excludes halogenated alkanes) is 3. The predicted molar refractivity (Wildman–Crippen MR) is 116 cm³/mol. The first-order valence-corrected chi connectivity index (χ1v) is 11.0. The lowest BCUT2D eigenvalue weighted by molar-refractivity contribution is -0.124. The monoisotopic (exact) mass is 405 g/mol. The van der Waals surface area contributed by atoms with E-state index in [4.69, 9.17) is 4.98 Å². The van der Waals surface area contributed by atoms with Gasteiger partial charge in [0.1, 0.15) is 11.9 Å². The summed E-state index contributed by atoms with van der Waals surface area (Å²) in [5.74, 6) is 0.559. The van der Waals surface area contributed by atoms with Gasteiger partial charge in [-0.05, 0) is 31.8 Å². The van der Waals surface area contributed by atoms with Crippen molar-refractivity contribution < 1.29 is 9.59 Å². The molecule has 7 heteroatoms. The molecule has 7 nitrogen and oxygen atoms in total. The number of nitrogens with one attached hydrogen (secondary N) is 2. The van der Waals surface area contributed by atoms with E-state index >= 15 is 0 Å². The van der Waals surface area contributed by atoms with Gasteiger partial charge in [0.2, 0.25) is 5.91 Å². The lowest BCUT2D eigenvalue weighted by atomic mass is 9.86. The molecule has 1 atom stereocenters. The van der Waals surface area contributed by atoms with Gasteiger partial charge < -0.3 is 20.1 Å². The zero-order valence-electron chi connectivity index (χ0n) is 19.1. The Balaban J connectivity index is 2.31. The summed E-state index contributed by atoms with van der Waals surface area (Å²) in [7, 11) is 3.67. The first-order chi connectivity index (χ1) is 13.7. The first-order valence-electron chi connectivity index (χ1n) is 11.0. The number of hydrogen-bond donors (Lipinski definition) is 2. The van der Waals surface area contributed by atoms with Gasteiger partial charge in [-0.25, -0.2) is 4.98 Å². The number of carbonyl (C=O) groups excluding carboxylic acids is 2. The molecule has 0 fully saturated rings. The topological polar surface area (TPSA) is 79.3 Å². The second-order valence-corrected chi connectivity index (χ2v) is 9.26. The molecule has 0 aliphatic carbocycles. The fraction of sp³-hybridized carbons (Fsp3) is 0.773. The number of hydrogen-bond acceptors (Lipinski definition) is 4. The van der Waals surface area contributed by atoms with E-state index in [0.717, 1.165) is 43.9 Å². The van der Waals surface area contributed by atoms with Gasteiger partial charge in [0.05, 0.1) is 5.69 Å². The Morgan fingerprint density at radius 1 is 1.17 bits per heavy atom. The fourth-order valence-electron chi connectivity index (χ4n) is 3.90. The second kappa shape index (κ2) is 10.2. The minimum atomic E-state index is -0.617. The third-order valence-electron chi connectivity index (χ3n) is 5.61. The molecule has 0 saturated heterocycles. The zero-order valence-corrected chi connectivity index (χ0v) is 19.1. The van der Waals surface area contributed by atoms with E-state index in [0.29, 0.717) is 12.2 Å². The van der Waals surface area contributed by atoms with Crippen LogP contribution in [0.15, 0.2) is 0 Å². The lowest BCUT2D eigenvalue weighted by Gasteiger charge is -2.29. The van der Waals surface area contributed by atoms with Crippen molar-refractivity contribution in [3.05, 3.63) is 17.2 Å². The van der Waals surface area contributed by atoms with Crippen LogP contribution in [0.2, 0.25) is 0 Å². The van der Waals surface area contributed by atoms with Crippen molar-refractivity contribution in [3.63, 3.8) is 0 Å². The maximum Gasteiger partial charge on any atom is 0.272 e. The molecule has 0 aromatic carbocycles. The Kier molecular flexibility index (Phi) is 8.25. The summed E-state index contributed by atoms with van der Waals surface area (Å²) in [5.41, 5.74) is 1.05. The normalized spacial score (nSPS) is 16.1. The highest BCUT2D eigenvalue weighted by Crippen LogP contribution is 2.23. The highest BCUT2D eigenvalue weighted by Gasteiger charge is 2.34. The van der Waals surface area contributed by atoms with Crippen molar-refractivity contribution in [1.82, 2.24) is 25.1 Å². The molecule has 1 aromatic heterocycles. The Hall–Kier alpha value is -1.89. The van der Waals surface area contributed by atoms with Crippen LogP contribution in [0.3, 0.4) is 0 Å². The van der Waals surface area contributed by atoms with Crippen LogP contribution >= 0.6 is 0 Å². The van der Waals surface area contributed by atoms with Crippen LogP contribution in [0, 0.1) is 5.41 Å². The Labute approximate surface area is 175 Å². The van der Waals surface area contributed by atoms with Crippen LogP contribution in [0.1, 0.15) is 81.8 Å². The van der Waals surface area contributed by atoms with Gasteiger partial charge in [0.25, 0.3) is 5.91 Å².